The van der Waals surface area contributed by atoms with Gasteiger partial charge in [-0.05, 0) is 31.0 Å². The summed E-state index contributed by atoms with van der Waals surface area (Å²) in [7, 11) is 0. The lowest BCUT2D eigenvalue weighted by Gasteiger charge is -2.11. The molecule has 0 aliphatic heterocycles. The van der Waals surface area contributed by atoms with Gasteiger partial charge >= 0.3 is 0 Å². The number of nitrogens with two attached hydrogens (primary N) is 1. The molecule has 0 aliphatic carbocycles. The third-order valence-electron chi connectivity index (χ3n) is 3.06. The average molecular weight is 250 g/mol. The van der Waals surface area contributed by atoms with Crippen molar-refractivity contribution in [2.75, 3.05) is 5.73 Å². The fourth-order valence-electron chi connectivity index (χ4n) is 1.81. The van der Waals surface area contributed by atoms with Crippen molar-refractivity contribution in [1.82, 2.24) is 9.97 Å². The van der Waals surface area contributed by atoms with Gasteiger partial charge in [-0.15, -0.1) is 0 Å². The lowest BCUT2D eigenvalue weighted by atomic mass is 10.1. The largest absolute Gasteiger partial charge is 0.383 e. The van der Waals surface area contributed by atoms with Crippen molar-refractivity contribution in [3.63, 3.8) is 0 Å². The van der Waals surface area contributed by atoms with Crippen LogP contribution in [-0.2, 0) is 0 Å². The molecule has 0 saturated heterocycles. The minimum Gasteiger partial charge on any atom is -0.383 e. The highest BCUT2D eigenvalue weighted by Crippen LogP contribution is 2.27. The Hall–Kier alpha value is -1.35. The molecular weight excluding hydrogens is 234 g/mol. The molecule has 4 heteroatoms. The second kappa shape index (κ2) is 4.49. The molecule has 1 aromatic carbocycles. The SMILES string of the molecule is CCC(C)c1nc(N)c2cc(Cl)cc(C)c2n1. The van der Waals surface area contributed by atoms with E-state index < -0.39 is 0 Å². The minimum atomic E-state index is 0.316. The molecule has 0 aliphatic rings. The van der Waals surface area contributed by atoms with E-state index in [0.29, 0.717) is 16.8 Å². The van der Waals surface area contributed by atoms with Crippen LogP contribution in [0.2, 0.25) is 5.02 Å². The molecule has 0 amide bonds. The van der Waals surface area contributed by atoms with Crippen LogP contribution < -0.4 is 5.73 Å². The Bertz CT molecular complexity index is 566. The zero-order valence-electron chi connectivity index (χ0n) is 10.3. The van der Waals surface area contributed by atoms with Gasteiger partial charge in [0.1, 0.15) is 11.6 Å². The summed E-state index contributed by atoms with van der Waals surface area (Å²) in [6.07, 6.45) is 0.998. The number of nitrogens with zero attached hydrogens (tertiary/aromatic N) is 2. The molecule has 3 nitrogen and oxygen atoms in total. The molecule has 1 atom stereocenters. The summed E-state index contributed by atoms with van der Waals surface area (Å²) in [6, 6.07) is 3.72. The molecule has 1 unspecified atom stereocenters. The average Bonchev–Trinajstić information content (AvgIpc) is 2.29. The number of anilines is 1. The maximum atomic E-state index is 6.01. The van der Waals surface area contributed by atoms with E-state index >= 15 is 0 Å². The van der Waals surface area contributed by atoms with Gasteiger partial charge in [0.05, 0.1) is 5.52 Å². The zero-order valence-corrected chi connectivity index (χ0v) is 11.0. The van der Waals surface area contributed by atoms with Crippen molar-refractivity contribution in [2.45, 2.75) is 33.1 Å². The first-order valence-electron chi connectivity index (χ1n) is 5.76. The number of hydrogen-bond donors (Lipinski definition) is 1. The van der Waals surface area contributed by atoms with Gasteiger partial charge in [0.15, 0.2) is 0 Å². The quantitative estimate of drug-likeness (QED) is 0.883. The molecule has 0 radical (unpaired) electrons. The Kier molecular flexibility index (Phi) is 3.20. The molecule has 1 heterocycles. The van der Waals surface area contributed by atoms with Gasteiger partial charge in [0, 0.05) is 16.3 Å². The van der Waals surface area contributed by atoms with E-state index in [1.54, 1.807) is 0 Å². The molecule has 0 bridgehead atoms. The van der Waals surface area contributed by atoms with Crippen LogP contribution in [0.25, 0.3) is 10.9 Å². The summed E-state index contributed by atoms with van der Waals surface area (Å²) in [6.45, 7) is 6.20. The number of aromatic nitrogens is 2. The second-order valence-electron chi connectivity index (χ2n) is 4.40. The number of halogens is 1. The third-order valence-corrected chi connectivity index (χ3v) is 3.27. The molecule has 0 spiro atoms. The van der Waals surface area contributed by atoms with Crippen molar-refractivity contribution >= 4 is 28.3 Å². The lowest BCUT2D eigenvalue weighted by molar-refractivity contribution is 0.684. The van der Waals surface area contributed by atoms with E-state index in [1.165, 1.54) is 0 Å². The Labute approximate surface area is 106 Å². The normalized spacial score (nSPS) is 12.9. The van der Waals surface area contributed by atoms with Gasteiger partial charge < -0.3 is 5.73 Å². The molecule has 1 aromatic heterocycles. The summed E-state index contributed by atoms with van der Waals surface area (Å²) in [5.74, 6) is 1.63. The van der Waals surface area contributed by atoms with Crippen LogP contribution in [0.4, 0.5) is 5.82 Å². The fourth-order valence-corrected chi connectivity index (χ4v) is 2.08. The number of nitrogen functional groups attached to an aromatic ring is 1. The number of fused-ring (bicyclic) bond motifs is 1. The van der Waals surface area contributed by atoms with Gasteiger partial charge in [0.2, 0.25) is 0 Å². The summed E-state index contributed by atoms with van der Waals surface area (Å²) < 4.78 is 0. The highest BCUT2D eigenvalue weighted by atomic mass is 35.5. The minimum absolute atomic E-state index is 0.316. The molecule has 90 valence electrons. The van der Waals surface area contributed by atoms with Gasteiger partial charge in [-0.1, -0.05) is 25.4 Å². The molecule has 2 rings (SSSR count). The number of rotatable bonds is 2. The van der Waals surface area contributed by atoms with Crippen molar-refractivity contribution in [3.8, 4) is 0 Å². The topological polar surface area (TPSA) is 51.8 Å². The Morgan fingerprint density at radius 2 is 2.06 bits per heavy atom. The van der Waals surface area contributed by atoms with Crippen LogP contribution in [0, 0.1) is 6.92 Å². The number of aryl methyl sites for hydroxylation is 1. The van der Waals surface area contributed by atoms with Gasteiger partial charge in [0.25, 0.3) is 0 Å². The van der Waals surface area contributed by atoms with E-state index in [9.17, 15) is 0 Å². The highest BCUT2D eigenvalue weighted by Gasteiger charge is 2.12. The standard InChI is InChI=1S/C13H16ClN3/c1-4-7(2)13-16-11-8(3)5-9(14)6-10(11)12(15)17-13/h5-7H,4H2,1-3H3,(H2,15,16,17). The monoisotopic (exact) mass is 249 g/mol. The summed E-state index contributed by atoms with van der Waals surface area (Å²) in [5, 5.41) is 1.50. The molecule has 2 N–H and O–H groups in total. The molecule has 2 aromatic rings. The summed E-state index contributed by atoms with van der Waals surface area (Å²) >= 11 is 6.01. The number of hydrogen-bond acceptors (Lipinski definition) is 3. The molecule has 0 fully saturated rings. The fraction of sp³-hybridized carbons (Fsp3) is 0.385. The van der Waals surface area contributed by atoms with Gasteiger partial charge in [-0.2, -0.15) is 0 Å². The van der Waals surface area contributed by atoms with E-state index in [0.717, 1.165) is 28.7 Å². The first-order chi connectivity index (χ1) is 8.02. The van der Waals surface area contributed by atoms with Crippen LogP contribution in [-0.4, -0.2) is 9.97 Å². The second-order valence-corrected chi connectivity index (χ2v) is 4.83. The molecular formula is C13H16ClN3. The zero-order chi connectivity index (χ0) is 12.6. The van der Waals surface area contributed by atoms with Crippen LogP contribution in [0.5, 0.6) is 0 Å². The van der Waals surface area contributed by atoms with Gasteiger partial charge in [-0.3, -0.25) is 0 Å². The van der Waals surface area contributed by atoms with Crippen LogP contribution in [0.15, 0.2) is 12.1 Å². The predicted octanol–water partition coefficient (Wildman–Crippen LogP) is 3.69. The Balaban J connectivity index is 2.73. The molecule has 0 saturated carbocycles. The highest BCUT2D eigenvalue weighted by molar-refractivity contribution is 6.31. The lowest BCUT2D eigenvalue weighted by Crippen LogP contribution is -2.05. The Morgan fingerprint density at radius 1 is 1.35 bits per heavy atom. The van der Waals surface area contributed by atoms with Crippen molar-refractivity contribution in [2.24, 2.45) is 0 Å². The van der Waals surface area contributed by atoms with Crippen molar-refractivity contribution in [3.05, 3.63) is 28.5 Å². The summed E-state index contributed by atoms with van der Waals surface area (Å²) in [4.78, 5) is 8.96. The van der Waals surface area contributed by atoms with Crippen LogP contribution in [0.3, 0.4) is 0 Å². The van der Waals surface area contributed by atoms with E-state index in [2.05, 4.69) is 23.8 Å². The smallest absolute Gasteiger partial charge is 0.135 e. The van der Waals surface area contributed by atoms with Crippen LogP contribution >= 0.6 is 11.6 Å². The van der Waals surface area contributed by atoms with E-state index in [1.807, 2.05) is 19.1 Å². The van der Waals surface area contributed by atoms with E-state index in [-0.39, 0.29) is 0 Å². The first kappa shape index (κ1) is 12.1. The van der Waals surface area contributed by atoms with Crippen LogP contribution in [0.1, 0.15) is 37.6 Å². The van der Waals surface area contributed by atoms with Crippen molar-refractivity contribution in [1.29, 1.82) is 0 Å². The molecule has 17 heavy (non-hydrogen) atoms. The Morgan fingerprint density at radius 3 is 2.71 bits per heavy atom. The van der Waals surface area contributed by atoms with Gasteiger partial charge in [-0.25, -0.2) is 9.97 Å². The predicted molar refractivity (Wildman–Crippen MR) is 72.4 cm³/mol. The van der Waals surface area contributed by atoms with Crippen molar-refractivity contribution < 1.29 is 0 Å². The number of benzene rings is 1. The third kappa shape index (κ3) is 2.20. The summed E-state index contributed by atoms with van der Waals surface area (Å²) in [5.41, 5.74) is 7.91. The maximum Gasteiger partial charge on any atom is 0.135 e. The maximum absolute atomic E-state index is 6.01. The van der Waals surface area contributed by atoms with E-state index in [4.69, 9.17) is 17.3 Å². The first-order valence-corrected chi connectivity index (χ1v) is 6.14.